The number of piperidine rings is 1. The summed E-state index contributed by atoms with van der Waals surface area (Å²) in [6, 6.07) is 5.08. The zero-order chi connectivity index (χ0) is 18.0. The number of rotatable bonds is 3. The van der Waals surface area contributed by atoms with Crippen LogP contribution in [0.2, 0.25) is 0 Å². The summed E-state index contributed by atoms with van der Waals surface area (Å²) in [4.78, 5) is 24.0. The molecule has 3 N–H and O–H groups in total. The molecule has 1 aromatic rings. The van der Waals surface area contributed by atoms with Crippen LogP contribution in [-0.2, 0) is 4.79 Å². The largest absolute Gasteiger partial charge is 0.486 e. The molecule has 1 unspecified atom stereocenters. The van der Waals surface area contributed by atoms with Crippen molar-refractivity contribution in [2.24, 2.45) is 5.41 Å². The van der Waals surface area contributed by atoms with Crippen LogP contribution in [0.25, 0.3) is 0 Å². The first-order valence-corrected chi connectivity index (χ1v) is 9.10. The molecule has 0 bridgehead atoms. The minimum Gasteiger partial charge on any atom is -0.486 e. The zero-order valence-corrected chi connectivity index (χ0v) is 14.6. The van der Waals surface area contributed by atoms with Crippen LogP contribution in [-0.4, -0.2) is 31.7 Å². The van der Waals surface area contributed by atoms with Gasteiger partial charge in [0, 0.05) is 35.8 Å². The second kappa shape index (κ2) is 6.90. The molecule has 1 fully saturated rings. The molecule has 3 amide bonds. The number of benzene rings is 1. The third-order valence-electron chi connectivity index (χ3n) is 5.27. The monoisotopic (exact) mass is 357 g/mol. The van der Waals surface area contributed by atoms with Crippen LogP contribution in [0.15, 0.2) is 30.0 Å². The molecule has 0 saturated carbocycles. The lowest BCUT2D eigenvalue weighted by molar-refractivity contribution is -0.122. The molecule has 2 heterocycles. The molecule has 1 aliphatic carbocycles. The van der Waals surface area contributed by atoms with Gasteiger partial charge < -0.3 is 25.4 Å². The molecule has 1 saturated heterocycles. The Morgan fingerprint density at radius 3 is 2.92 bits per heavy atom. The van der Waals surface area contributed by atoms with E-state index in [4.69, 9.17) is 9.47 Å². The van der Waals surface area contributed by atoms with Crippen molar-refractivity contribution in [1.29, 1.82) is 0 Å². The number of hydrogen-bond acceptors (Lipinski definition) is 4. The van der Waals surface area contributed by atoms with Crippen molar-refractivity contribution >= 4 is 17.6 Å². The maximum atomic E-state index is 12.4. The summed E-state index contributed by atoms with van der Waals surface area (Å²) < 4.78 is 11.0. The quantitative estimate of drug-likeness (QED) is 0.776. The Kier molecular flexibility index (Phi) is 4.44. The van der Waals surface area contributed by atoms with Crippen LogP contribution >= 0.6 is 0 Å². The van der Waals surface area contributed by atoms with Crippen LogP contribution in [0.1, 0.15) is 32.1 Å². The van der Waals surface area contributed by atoms with Gasteiger partial charge in [0.15, 0.2) is 11.5 Å². The number of hydrogen-bond donors (Lipinski definition) is 3. The summed E-state index contributed by atoms with van der Waals surface area (Å²) in [5, 5.41) is 8.80. The van der Waals surface area contributed by atoms with Gasteiger partial charge in [-0.15, -0.1) is 0 Å². The van der Waals surface area contributed by atoms with E-state index in [-0.39, 0.29) is 17.4 Å². The van der Waals surface area contributed by atoms with E-state index in [0.29, 0.717) is 43.4 Å². The Labute approximate surface area is 152 Å². The number of allylic oxidation sites excluding steroid dienone is 1. The number of carbonyl (C=O) groups excluding carboxylic acids is 2. The van der Waals surface area contributed by atoms with Crippen LogP contribution in [0.5, 0.6) is 11.5 Å². The van der Waals surface area contributed by atoms with Crippen molar-refractivity contribution in [1.82, 2.24) is 10.6 Å². The van der Waals surface area contributed by atoms with Gasteiger partial charge >= 0.3 is 6.03 Å². The Morgan fingerprint density at radius 1 is 1.19 bits per heavy atom. The highest BCUT2D eigenvalue weighted by Crippen LogP contribution is 2.42. The summed E-state index contributed by atoms with van der Waals surface area (Å²) in [5.74, 6) is 1.39. The normalized spacial score (nSPS) is 24.0. The van der Waals surface area contributed by atoms with Gasteiger partial charge in [-0.3, -0.25) is 4.79 Å². The van der Waals surface area contributed by atoms with Crippen molar-refractivity contribution in [2.45, 2.75) is 32.1 Å². The smallest absolute Gasteiger partial charge is 0.319 e. The van der Waals surface area contributed by atoms with Crippen LogP contribution in [0, 0.1) is 5.41 Å². The molecule has 7 heteroatoms. The molecular weight excluding hydrogens is 334 g/mol. The fourth-order valence-corrected chi connectivity index (χ4v) is 3.86. The highest BCUT2D eigenvalue weighted by Gasteiger charge is 2.40. The van der Waals surface area contributed by atoms with Gasteiger partial charge in [-0.05, 0) is 37.8 Å². The molecular formula is C19H23N3O4. The summed E-state index contributed by atoms with van der Waals surface area (Å²) in [5.41, 5.74) is 1.47. The first kappa shape index (κ1) is 16.8. The van der Waals surface area contributed by atoms with E-state index in [1.807, 2.05) is 0 Å². The summed E-state index contributed by atoms with van der Waals surface area (Å²) in [6.45, 7) is 1.55. The van der Waals surface area contributed by atoms with Crippen molar-refractivity contribution in [3.05, 3.63) is 30.0 Å². The van der Waals surface area contributed by atoms with Gasteiger partial charge in [-0.1, -0.05) is 6.08 Å². The predicted octanol–water partition coefficient (Wildman–Crippen LogP) is 2.54. The van der Waals surface area contributed by atoms with E-state index in [1.165, 1.54) is 0 Å². The van der Waals surface area contributed by atoms with Gasteiger partial charge in [0.2, 0.25) is 5.91 Å². The number of nitrogens with one attached hydrogen (secondary N) is 3. The van der Waals surface area contributed by atoms with Crippen molar-refractivity contribution < 1.29 is 19.1 Å². The SMILES string of the molecule is O=C1CCC2(CNC(=O)Nc3ccc4c(c3)OCCO4)CCCC=C2N1. The van der Waals surface area contributed by atoms with Crippen LogP contribution in [0.3, 0.4) is 0 Å². The molecule has 1 atom stereocenters. The van der Waals surface area contributed by atoms with E-state index in [0.717, 1.165) is 31.4 Å². The average molecular weight is 357 g/mol. The molecule has 138 valence electrons. The summed E-state index contributed by atoms with van der Waals surface area (Å²) in [6.07, 6.45) is 6.40. The van der Waals surface area contributed by atoms with Gasteiger partial charge in [-0.25, -0.2) is 4.79 Å². The second-order valence-corrected chi connectivity index (χ2v) is 7.00. The predicted molar refractivity (Wildman–Crippen MR) is 96.2 cm³/mol. The fraction of sp³-hybridized carbons (Fsp3) is 0.474. The molecule has 26 heavy (non-hydrogen) atoms. The van der Waals surface area contributed by atoms with Crippen LogP contribution < -0.4 is 25.4 Å². The van der Waals surface area contributed by atoms with Crippen LogP contribution in [0.4, 0.5) is 10.5 Å². The lowest BCUT2D eigenvalue weighted by atomic mass is 9.70. The Bertz CT molecular complexity index is 761. The minimum atomic E-state index is -0.266. The van der Waals surface area contributed by atoms with Gasteiger partial charge in [-0.2, -0.15) is 0 Å². The average Bonchev–Trinajstić information content (AvgIpc) is 2.66. The highest BCUT2D eigenvalue weighted by molar-refractivity contribution is 5.89. The molecule has 1 aromatic carbocycles. The Hall–Kier alpha value is -2.70. The highest BCUT2D eigenvalue weighted by atomic mass is 16.6. The lowest BCUT2D eigenvalue weighted by Gasteiger charge is -2.42. The van der Waals surface area contributed by atoms with Gasteiger partial charge in [0.05, 0.1) is 0 Å². The molecule has 0 spiro atoms. The van der Waals surface area contributed by atoms with E-state index in [1.54, 1.807) is 18.2 Å². The molecule has 4 rings (SSSR count). The second-order valence-electron chi connectivity index (χ2n) is 7.00. The number of ether oxygens (including phenoxy) is 2. The van der Waals surface area contributed by atoms with Crippen molar-refractivity contribution in [3.8, 4) is 11.5 Å². The molecule has 0 aromatic heterocycles. The topological polar surface area (TPSA) is 88.7 Å². The third-order valence-corrected chi connectivity index (χ3v) is 5.27. The lowest BCUT2D eigenvalue weighted by Crippen LogP contribution is -2.49. The first-order valence-electron chi connectivity index (χ1n) is 9.10. The van der Waals surface area contributed by atoms with Gasteiger partial charge in [0.25, 0.3) is 0 Å². The number of fused-ring (bicyclic) bond motifs is 2. The molecule has 0 radical (unpaired) electrons. The zero-order valence-electron chi connectivity index (χ0n) is 14.6. The standard InChI is InChI=1S/C19H23N3O4/c23-17-6-8-19(7-2-1-3-16(19)22-17)12-20-18(24)21-13-4-5-14-15(11-13)26-10-9-25-14/h3-5,11H,1-2,6-10,12H2,(H,22,23)(H2,20,21,24). The summed E-state index contributed by atoms with van der Waals surface area (Å²) in [7, 11) is 0. The number of carbonyl (C=O) groups is 2. The maximum Gasteiger partial charge on any atom is 0.319 e. The van der Waals surface area contributed by atoms with Gasteiger partial charge in [0.1, 0.15) is 13.2 Å². The number of amides is 3. The first-order chi connectivity index (χ1) is 12.6. The molecule has 2 aliphatic heterocycles. The van der Waals surface area contributed by atoms with Crippen molar-refractivity contribution in [2.75, 3.05) is 25.1 Å². The fourth-order valence-electron chi connectivity index (χ4n) is 3.86. The Morgan fingerprint density at radius 2 is 2.04 bits per heavy atom. The minimum absolute atomic E-state index is 0.0644. The Balaban J connectivity index is 1.38. The number of anilines is 1. The number of urea groups is 1. The third kappa shape index (κ3) is 3.34. The van der Waals surface area contributed by atoms with Crippen molar-refractivity contribution in [3.63, 3.8) is 0 Å². The molecule has 7 nitrogen and oxygen atoms in total. The van der Waals surface area contributed by atoms with E-state index >= 15 is 0 Å². The molecule has 3 aliphatic rings. The van der Waals surface area contributed by atoms with E-state index < -0.39 is 0 Å². The maximum absolute atomic E-state index is 12.4. The van der Waals surface area contributed by atoms with E-state index in [2.05, 4.69) is 22.0 Å². The van der Waals surface area contributed by atoms with E-state index in [9.17, 15) is 9.59 Å². The summed E-state index contributed by atoms with van der Waals surface area (Å²) >= 11 is 0.